The molecule has 0 aromatic carbocycles. The first kappa shape index (κ1) is 13.5. The molecular formula is C13H25NO2. The Morgan fingerprint density at radius 3 is 2.62 bits per heavy atom. The second-order valence-electron chi connectivity index (χ2n) is 5.37. The van der Waals surface area contributed by atoms with Gasteiger partial charge in [0.1, 0.15) is 11.6 Å². The molecule has 3 nitrogen and oxygen atoms in total. The third-order valence-corrected chi connectivity index (χ3v) is 3.53. The van der Waals surface area contributed by atoms with Gasteiger partial charge in [-0.3, -0.25) is 4.79 Å². The maximum absolute atomic E-state index is 11.9. The second kappa shape index (κ2) is 5.67. The van der Waals surface area contributed by atoms with E-state index in [2.05, 4.69) is 6.92 Å². The van der Waals surface area contributed by atoms with E-state index in [1.165, 1.54) is 6.42 Å². The first-order valence-electron chi connectivity index (χ1n) is 6.47. The molecule has 0 aromatic rings. The van der Waals surface area contributed by atoms with Crippen molar-refractivity contribution in [3.63, 3.8) is 0 Å². The van der Waals surface area contributed by atoms with Gasteiger partial charge in [-0.25, -0.2) is 0 Å². The van der Waals surface area contributed by atoms with Crippen LogP contribution in [0.5, 0.6) is 0 Å². The zero-order valence-corrected chi connectivity index (χ0v) is 10.8. The van der Waals surface area contributed by atoms with Crippen LogP contribution in [0.4, 0.5) is 0 Å². The molecule has 94 valence electrons. The fourth-order valence-corrected chi connectivity index (χ4v) is 2.35. The van der Waals surface area contributed by atoms with Gasteiger partial charge >= 0.3 is 5.97 Å². The van der Waals surface area contributed by atoms with Crippen molar-refractivity contribution in [1.82, 2.24) is 0 Å². The van der Waals surface area contributed by atoms with Crippen molar-refractivity contribution in [2.75, 3.05) is 0 Å². The maximum atomic E-state index is 11.9. The van der Waals surface area contributed by atoms with Crippen LogP contribution in [0.3, 0.4) is 0 Å². The number of nitrogens with two attached hydrogens (primary N) is 1. The zero-order chi connectivity index (χ0) is 12.2. The minimum atomic E-state index is -0.814. The number of esters is 1. The van der Waals surface area contributed by atoms with E-state index in [-0.39, 0.29) is 12.1 Å². The average Bonchev–Trinajstić information content (AvgIpc) is 2.21. The molecule has 1 saturated carbocycles. The Bertz CT molecular complexity index is 238. The van der Waals surface area contributed by atoms with Gasteiger partial charge in [0.25, 0.3) is 0 Å². The molecular weight excluding hydrogens is 202 g/mol. The highest BCUT2D eigenvalue weighted by atomic mass is 16.5. The molecule has 0 amide bonds. The number of hydrogen-bond acceptors (Lipinski definition) is 3. The Labute approximate surface area is 98.7 Å². The third-order valence-electron chi connectivity index (χ3n) is 3.53. The van der Waals surface area contributed by atoms with Gasteiger partial charge in [-0.05, 0) is 38.5 Å². The van der Waals surface area contributed by atoms with Crippen molar-refractivity contribution in [1.29, 1.82) is 0 Å². The molecule has 0 heterocycles. The van der Waals surface area contributed by atoms with Crippen LogP contribution in [0.2, 0.25) is 0 Å². The Morgan fingerprint density at radius 1 is 1.44 bits per heavy atom. The lowest BCUT2D eigenvalue weighted by atomic mass is 9.87. The van der Waals surface area contributed by atoms with Crippen molar-refractivity contribution in [3.8, 4) is 0 Å². The summed E-state index contributed by atoms with van der Waals surface area (Å²) < 4.78 is 5.56. The van der Waals surface area contributed by atoms with Crippen molar-refractivity contribution in [2.45, 2.75) is 70.9 Å². The van der Waals surface area contributed by atoms with Crippen LogP contribution < -0.4 is 5.73 Å². The molecule has 16 heavy (non-hydrogen) atoms. The molecule has 0 spiro atoms. The van der Waals surface area contributed by atoms with Gasteiger partial charge in [-0.1, -0.05) is 26.7 Å². The van der Waals surface area contributed by atoms with Crippen LogP contribution in [0.1, 0.15) is 59.3 Å². The monoisotopic (exact) mass is 227 g/mol. The summed E-state index contributed by atoms with van der Waals surface area (Å²) in [6, 6.07) is 0. The summed E-state index contributed by atoms with van der Waals surface area (Å²) >= 11 is 0. The highest BCUT2D eigenvalue weighted by Gasteiger charge is 2.33. The van der Waals surface area contributed by atoms with Crippen LogP contribution in [0.15, 0.2) is 0 Å². The van der Waals surface area contributed by atoms with Crippen molar-refractivity contribution in [3.05, 3.63) is 0 Å². The van der Waals surface area contributed by atoms with Crippen LogP contribution in [0.25, 0.3) is 0 Å². The number of ether oxygens (including phenoxy) is 1. The lowest BCUT2D eigenvalue weighted by molar-refractivity contribution is -0.159. The molecule has 3 unspecified atom stereocenters. The molecule has 2 N–H and O–H groups in total. The maximum Gasteiger partial charge on any atom is 0.326 e. The molecule has 0 aromatic heterocycles. The van der Waals surface area contributed by atoms with Crippen LogP contribution >= 0.6 is 0 Å². The smallest absolute Gasteiger partial charge is 0.326 e. The molecule has 0 bridgehead atoms. The van der Waals surface area contributed by atoms with Crippen LogP contribution in [-0.2, 0) is 9.53 Å². The highest BCUT2D eigenvalue weighted by Crippen LogP contribution is 2.27. The number of rotatable bonds is 4. The van der Waals surface area contributed by atoms with E-state index in [4.69, 9.17) is 10.5 Å². The van der Waals surface area contributed by atoms with Gasteiger partial charge in [-0.2, -0.15) is 0 Å². The van der Waals surface area contributed by atoms with E-state index in [0.29, 0.717) is 12.3 Å². The van der Waals surface area contributed by atoms with E-state index in [1.54, 1.807) is 6.92 Å². The van der Waals surface area contributed by atoms with Gasteiger partial charge in [-0.15, -0.1) is 0 Å². The quantitative estimate of drug-likeness (QED) is 0.751. The van der Waals surface area contributed by atoms with Gasteiger partial charge in [0.15, 0.2) is 0 Å². The Balaban J connectivity index is 2.49. The number of carbonyl (C=O) groups excluding carboxylic acids is 1. The zero-order valence-electron chi connectivity index (χ0n) is 10.8. The molecule has 1 fully saturated rings. The number of carbonyl (C=O) groups is 1. The van der Waals surface area contributed by atoms with Gasteiger partial charge in [0, 0.05) is 0 Å². The molecule has 3 atom stereocenters. The predicted molar refractivity (Wildman–Crippen MR) is 65.0 cm³/mol. The molecule has 1 aliphatic rings. The molecule has 1 aliphatic carbocycles. The summed E-state index contributed by atoms with van der Waals surface area (Å²) in [4.78, 5) is 11.9. The molecule has 0 saturated heterocycles. The Kier molecular flexibility index (Phi) is 4.78. The summed E-state index contributed by atoms with van der Waals surface area (Å²) in [5.74, 6) is 0.253. The first-order chi connectivity index (χ1) is 7.47. The van der Waals surface area contributed by atoms with Crippen molar-refractivity contribution in [2.24, 2.45) is 11.7 Å². The largest absolute Gasteiger partial charge is 0.461 e. The summed E-state index contributed by atoms with van der Waals surface area (Å²) in [5.41, 5.74) is 5.15. The van der Waals surface area contributed by atoms with Gasteiger partial charge < -0.3 is 10.5 Å². The van der Waals surface area contributed by atoms with E-state index in [1.807, 2.05) is 6.92 Å². The topological polar surface area (TPSA) is 52.3 Å². The normalized spacial score (nSPS) is 29.5. The molecule has 1 rings (SSSR count). The van der Waals surface area contributed by atoms with E-state index < -0.39 is 5.54 Å². The molecule has 0 aliphatic heterocycles. The lowest BCUT2D eigenvalue weighted by Crippen LogP contribution is -2.48. The SMILES string of the molecule is CCCC(C)(N)C(=O)OC1CCCCC1C. The van der Waals surface area contributed by atoms with Gasteiger partial charge in [0.2, 0.25) is 0 Å². The fourth-order valence-electron chi connectivity index (χ4n) is 2.35. The predicted octanol–water partition coefficient (Wildman–Crippen LogP) is 2.63. The average molecular weight is 227 g/mol. The Morgan fingerprint density at radius 2 is 2.06 bits per heavy atom. The first-order valence-corrected chi connectivity index (χ1v) is 6.47. The molecule has 3 heteroatoms. The highest BCUT2D eigenvalue weighted by molar-refractivity contribution is 5.80. The van der Waals surface area contributed by atoms with E-state index in [0.717, 1.165) is 25.7 Å². The van der Waals surface area contributed by atoms with Crippen molar-refractivity contribution >= 4 is 5.97 Å². The van der Waals surface area contributed by atoms with Crippen LogP contribution in [0, 0.1) is 5.92 Å². The van der Waals surface area contributed by atoms with Crippen LogP contribution in [-0.4, -0.2) is 17.6 Å². The fraction of sp³-hybridized carbons (Fsp3) is 0.923. The van der Waals surface area contributed by atoms with E-state index in [9.17, 15) is 4.79 Å². The Hall–Kier alpha value is -0.570. The third kappa shape index (κ3) is 3.48. The van der Waals surface area contributed by atoms with E-state index >= 15 is 0 Å². The summed E-state index contributed by atoms with van der Waals surface area (Å²) in [5, 5.41) is 0. The number of hydrogen-bond donors (Lipinski definition) is 1. The second-order valence-corrected chi connectivity index (χ2v) is 5.37. The van der Waals surface area contributed by atoms with Crippen molar-refractivity contribution < 1.29 is 9.53 Å². The molecule has 0 radical (unpaired) electrons. The summed E-state index contributed by atoms with van der Waals surface area (Å²) in [6.07, 6.45) is 6.25. The minimum absolute atomic E-state index is 0.0842. The lowest BCUT2D eigenvalue weighted by Gasteiger charge is -2.31. The summed E-state index contributed by atoms with van der Waals surface area (Å²) in [6.45, 7) is 5.96. The summed E-state index contributed by atoms with van der Waals surface area (Å²) in [7, 11) is 0. The standard InChI is InChI=1S/C13H25NO2/c1-4-9-13(3,14)12(15)16-11-8-6-5-7-10(11)2/h10-11H,4-9,14H2,1-3H3. The minimum Gasteiger partial charge on any atom is -0.461 e. The van der Waals surface area contributed by atoms with Gasteiger partial charge in [0.05, 0.1) is 0 Å².